The zero-order valence-corrected chi connectivity index (χ0v) is 11.7. The zero-order valence-electron chi connectivity index (χ0n) is 10.9. The maximum Gasteiger partial charge on any atom is 0.242 e. The summed E-state index contributed by atoms with van der Waals surface area (Å²) in [6.45, 7) is 2.38. The normalized spacial score (nSPS) is 11.1. The van der Waals surface area contributed by atoms with Crippen LogP contribution in [0.25, 0.3) is 0 Å². The molecule has 2 amide bonds. The van der Waals surface area contributed by atoms with Crippen molar-refractivity contribution in [3.05, 3.63) is 35.9 Å². The summed E-state index contributed by atoms with van der Waals surface area (Å²) in [4.78, 5) is 23.0. The number of nitrogens with one attached hydrogen (secondary N) is 2. The van der Waals surface area contributed by atoms with Gasteiger partial charge in [-0.1, -0.05) is 30.3 Å². The highest BCUT2D eigenvalue weighted by molar-refractivity contribution is 5.87. The number of benzene rings is 1. The zero-order chi connectivity index (χ0) is 13.4. The molecule has 0 aliphatic carbocycles. The Labute approximate surface area is 119 Å². The quantitative estimate of drug-likeness (QED) is 0.715. The molecule has 5 nitrogen and oxygen atoms in total. The average Bonchev–Trinajstić information content (AvgIpc) is 2.37. The summed E-state index contributed by atoms with van der Waals surface area (Å²) in [7, 11) is 0. The summed E-state index contributed by atoms with van der Waals surface area (Å²) in [6.07, 6.45) is 0.232. The van der Waals surface area contributed by atoms with Crippen LogP contribution in [0.4, 0.5) is 0 Å². The first-order valence-corrected chi connectivity index (χ1v) is 5.94. The molecule has 1 aromatic carbocycles. The van der Waals surface area contributed by atoms with E-state index in [1.165, 1.54) is 0 Å². The van der Waals surface area contributed by atoms with E-state index in [0.717, 1.165) is 5.56 Å². The lowest BCUT2D eigenvalue weighted by Gasteiger charge is -2.13. The predicted molar refractivity (Wildman–Crippen MR) is 76.8 cm³/mol. The second-order valence-electron chi connectivity index (χ2n) is 4.03. The van der Waals surface area contributed by atoms with Gasteiger partial charge in [0.15, 0.2) is 0 Å². The molecule has 0 saturated carbocycles. The Morgan fingerprint density at radius 1 is 1.26 bits per heavy atom. The summed E-state index contributed by atoms with van der Waals surface area (Å²) < 4.78 is 0. The summed E-state index contributed by atoms with van der Waals surface area (Å²) >= 11 is 0. The fourth-order valence-corrected chi connectivity index (χ4v) is 1.45. The molecule has 1 atom stereocenters. The van der Waals surface area contributed by atoms with Crippen LogP contribution in [-0.2, 0) is 16.1 Å². The molecule has 1 unspecified atom stereocenters. The van der Waals surface area contributed by atoms with Crippen LogP contribution in [0.3, 0.4) is 0 Å². The minimum atomic E-state index is -0.548. The van der Waals surface area contributed by atoms with Gasteiger partial charge in [0.05, 0.1) is 0 Å². The molecule has 19 heavy (non-hydrogen) atoms. The molecule has 0 spiro atoms. The SMILES string of the molecule is CC(NC(=O)CCN)C(=O)NCc1ccccc1.Cl. The van der Waals surface area contributed by atoms with E-state index in [9.17, 15) is 9.59 Å². The van der Waals surface area contributed by atoms with Crippen molar-refractivity contribution in [2.24, 2.45) is 5.73 Å². The van der Waals surface area contributed by atoms with Gasteiger partial charge in [0.1, 0.15) is 6.04 Å². The van der Waals surface area contributed by atoms with Gasteiger partial charge >= 0.3 is 0 Å². The number of hydrogen-bond acceptors (Lipinski definition) is 3. The Morgan fingerprint density at radius 2 is 1.89 bits per heavy atom. The monoisotopic (exact) mass is 285 g/mol. The lowest BCUT2D eigenvalue weighted by atomic mass is 10.2. The molecule has 1 aromatic rings. The standard InChI is InChI=1S/C13H19N3O2.ClH/c1-10(16-12(17)7-8-14)13(18)15-9-11-5-3-2-4-6-11;/h2-6,10H,7-9,14H2,1H3,(H,15,18)(H,16,17);1H. The van der Waals surface area contributed by atoms with Crippen LogP contribution < -0.4 is 16.4 Å². The van der Waals surface area contributed by atoms with Gasteiger partial charge in [0, 0.05) is 19.5 Å². The smallest absolute Gasteiger partial charge is 0.242 e. The van der Waals surface area contributed by atoms with Gasteiger partial charge in [-0.25, -0.2) is 0 Å². The predicted octanol–water partition coefficient (Wildman–Crippen LogP) is 0.578. The third-order valence-electron chi connectivity index (χ3n) is 2.45. The maximum absolute atomic E-state index is 11.7. The van der Waals surface area contributed by atoms with E-state index in [2.05, 4.69) is 10.6 Å². The van der Waals surface area contributed by atoms with Crippen LogP contribution in [0.15, 0.2) is 30.3 Å². The van der Waals surface area contributed by atoms with Gasteiger partial charge < -0.3 is 16.4 Å². The lowest BCUT2D eigenvalue weighted by Crippen LogP contribution is -2.44. The molecular weight excluding hydrogens is 266 g/mol. The van der Waals surface area contributed by atoms with E-state index < -0.39 is 6.04 Å². The van der Waals surface area contributed by atoms with Crippen molar-refractivity contribution in [3.63, 3.8) is 0 Å². The van der Waals surface area contributed by atoms with Crippen molar-refractivity contribution < 1.29 is 9.59 Å². The maximum atomic E-state index is 11.7. The van der Waals surface area contributed by atoms with Gasteiger partial charge in [-0.05, 0) is 12.5 Å². The first-order chi connectivity index (χ1) is 8.63. The highest BCUT2D eigenvalue weighted by Crippen LogP contribution is 1.97. The Kier molecular flexibility index (Phi) is 8.57. The second-order valence-corrected chi connectivity index (χ2v) is 4.03. The van der Waals surface area contributed by atoms with Crippen LogP contribution in [0, 0.1) is 0 Å². The average molecular weight is 286 g/mol. The molecule has 4 N–H and O–H groups in total. The van der Waals surface area contributed by atoms with Crippen LogP contribution in [0.1, 0.15) is 18.9 Å². The molecule has 0 aliphatic heterocycles. The minimum absolute atomic E-state index is 0. The van der Waals surface area contributed by atoms with E-state index in [4.69, 9.17) is 5.73 Å². The topological polar surface area (TPSA) is 84.2 Å². The van der Waals surface area contributed by atoms with Crippen LogP contribution in [-0.4, -0.2) is 24.4 Å². The molecule has 0 fully saturated rings. The number of nitrogens with two attached hydrogens (primary N) is 1. The van der Waals surface area contributed by atoms with Crippen LogP contribution in [0.2, 0.25) is 0 Å². The number of hydrogen-bond donors (Lipinski definition) is 3. The fourth-order valence-electron chi connectivity index (χ4n) is 1.45. The van der Waals surface area contributed by atoms with E-state index in [1.807, 2.05) is 30.3 Å². The third kappa shape index (κ3) is 6.79. The summed E-state index contributed by atoms with van der Waals surface area (Å²) in [5, 5.41) is 5.35. The molecule has 0 aromatic heterocycles. The van der Waals surface area contributed by atoms with Gasteiger partial charge in [-0.2, -0.15) is 0 Å². The first kappa shape index (κ1) is 17.4. The number of carbonyl (C=O) groups excluding carboxylic acids is 2. The Morgan fingerprint density at radius 3 is 2.47 bits per heavy atom. The van der Waals surface area contributed by atoms with Crippen molar-refractivity contribution in [2.45, 2.75) is 25.9 Å². The Hall–Kier alpha value is -1.59. The van der Waals surface area contributed by atoms with Crippen LogP contribution in [0.5, 0.6) is 0 Å². The van der Waals surface area contributed by atoms with Crippen molar-refractivity contribution in [1.29, 1.82) is 0 Å². The fraction of sp³-hybridized carbons (Fsp3) is 0.385. The summed E-state index contributed by atoms with van der Waals surface area (Å²) in [5.74, 6) is -0.413. The van der Waals surface area contributed by atoms with Gasteiger partial charge in [-0.3, -0.25) is 9.59 Å². The van der Waals surface area contributed by atoms with Crippen molar-refractivity contribution >= 4 is 24.2 Å². The molecule has 0 radical (unpaired) electrons. The molecule has 0 heterocycles. The van der Waals surface area contributed by atoms with E-state index in [-0.39, 0.29) is 37.2 Å². The van der Waals surface area contributed by atoms with E-state index >= 15 is 0 Å². The van der Waals surface area contributed by atoms with Crippen molar-refractivity contribution in [1.82, 2.24) is 10.6 Å². The van der Waals surface area contributed by atoms with Crippen molar-refractivity contribution in [3.8, 4) is 0 Å². The largest absolute Gasteiger partial charge is 0.350 e. The number of amides is 2. The molecule has 0 aliphatic rings. The summed E-state index contributed by atoms with van der Waals surface area (Å²) in [6, 6.07) is 9.05. The number of rotatable bonds is 6. The Bertz CT molecular complexity index is 398. The molecule has 0 bridgehead atoms. The van der Waals surface area contributed by atoms with E-state index in [0.29, 0.717) is 6.54 Å². The summed E-state index contributed by atoms with van der Waals surface area (Å²) in [5.41, 5.74) is 6.27. The van der Waals surface area contributed by atoms with E-state index in [1.54, 1.807) is 6.92 Å². The second kappa shape index (κ2) is 9.35. The van der Waals surface area contributed by atoms with Crippen molar-refractivity contribution in [2.75, 3.05) is 6.54 Å². The first-order valence-electron chi connectivity index (χ1n) is 5.94. The minimum Gasteiger partial charge on any atom is -0.350 e. The Balaban J connectivity index is 0.00000324. The van der Waals surface area contributed by atoms with Gasteiger partial charge in [0.25, 0.3) is 0 Å². The third-order valence-corrected chi connectivity index (χ3v) is 2.45. The highest BCUT2D eigenvalue weighted by atomic mass is 35.5. The van der Waals surface area contributed by atoms with Gasteiger partial charge in [0.2, 0.25) is 11.8 Å². The molecule has 0 saturated heterocycles. The number of carbonyl (C=O) groups is 2. The van der Waals surface area contributed by atoms with Gasteiger partial charge in [-0.15, -0.1) is 12.4 Å². The molecule has 1 rings (SSSR count). The van der Waals surface area contributed by atoms with Crippen LogP contribution >= 0.6 is 12.4 Å². The highest BCUT2D eigenvalue weighted by Gasteiger charge is 2.14. The number of halogens is 1. The lowest BCUT2D eigenvalue weighted by molar-refractivity contribution is -0.128. The molecular formula is C13H20ClN3O2. The molecule has 6 heteroatoms. The molecule has 106 valence electrons.